The van der Waals surface area contributed by atoms with Gasteiger partial charge in [-0.1, -0.05) is 56.5 Å². The first-order valence-electron chi connectivity index (χ1n) is 12.0. The van der Waals surface area contributed by atoms with E-state index in [4.69, 9.17) is 4.74 Å². The SMILES string of the molecule is CCCOC1(CNC(=NC)NCC2CC(=O)N(CCc3ccccc3)C2)CCCCC1.I. The molecular formula is C25H41IN4O2. The number of nitrogens with zero attached hydrogens (tertiary/aromatic N) is 2. The van der Waals surface area contributed by atoms with Crippen LogP contribution in [0.5, 0.6) is 0 Å². The van der Waals surface area contributed by atoms with E-state index in [0.29, 0.717) is 12.3 Å². The molecule has 1 aliphatic heterocycles. The molecule has 1 aromatic carbocycles. The second kappa shape index (κ2) is 14.0. The summed E-state index contributed by atoms with van der Waals surface area (Å²) >= 11 is 0. The highest BCUT2D eigenvalue weighted by molar-refractivity contribution is 14.0. The molecule has 0 bridgehead atoms. The topological polar surface area (TPSA) is 66.0 Å². The highest BCUT2D eigenvalue weighted by Gasteiger charge is 2.33. The highest BCUT2D eigenvalue weighted by Crippen LogP contribution is 2.31. The molecule has 3 rings (SSSR count). The minimum Gasteiger partial charge on any atom is -0.373 e. The number of aliphatic imine (C=N–C) groups is 1. The molecule has 1 saturated carbocycles. The first-order valence-corrected chi connectivity index (χ1v) is 12.0. The Morgan fingerprint density at radius 2 is 1.94 bits per heavy atom. The van der Waals surface area contributed by atoms with Crippen LogP contribution in [0.3, 0.4) is 0 Å². The average molecular weight is 557 g/mol. The summed E-state index contributed by atoms with van der Waals surface area (Å²) in [4.78, 5) is 18.8. The van der Waals surface area contributed by atoms with Gasteiger partial charge in [0.15, 0.2) is 5.96 Å². The lowest BCUT2D eigenvalue weighted by atomic mass is 9.84. The molecule has 1 aliphatic carbocycles. The number of likely N-dealkylation sites (tertiary alicyclic amines) is 1. The molecule has 1 unspecified atom stereocenters. The summed E-state index contributed by atoms with van der Waals surface area (Å²) < 4.78 is 6.29. The first kappa shape index (κ1) is 26.9. The minimum atomic E-state index is -0.0660. The standard InChI is InChI=1S/C25H40N4O2.HI/c1-3-16-31-25(13-8-5-9-14-25)20-28-24(26-2)27-18-22-17-23(30)29(19-22)15-12-21-10-6-4-7-11-21;/h4,6-7,10-11,22H,3,5,8-9,12-20H2,1-2H3,(H2,26,27,28);1H. The quantitative estimate of drug-likeness (QED) is 0.260. The van der Waals surface area contributed by atoms with Gasteiger partial charge in [0.05, 0.1) is 5.60 Å². The number of guanidine groups is 1. The van der Waals surface area contributed by atoms with Crippen LogP contribution in [0.4, 0.5) is 0 Å². The molecule has 1 amide bonds. The van der Waals surface area contributed by atoms with Gasteiger partial charge in [0, 0.05) is 52.2 Å². The molecule has 2 N–H and O–H groups in total. The molecule has 6 nitrogen and oxygen atoms in total. The molecular weight excluding hydrogens is 515 g/mol. The largest absolute Gasteiger partial charge is 0.373 e. The van der Waals surface area contributed by atoms with Gasteiger partial charge in [-0.2, -0.15) is 0 Å². The fourth-order valence-electron chi connectivity index (χ4n) is 4.71. The van der Waals surface area contributed by atoms with Gasteiger partial charge in [0.25, 0.3) is 0 Å². The number of rotatable bonds is 10. The van der Waals surface area contributed by atoms with Crippen molar-refractivity contribution in [3.05, 3.63) is 35.9 Å². The van der Waals surface area contributed by atoms with Crippen molar-refractivity contribution in [2.24, 2.45) is 10.9 Å². The van der Waals surface area contributed by atoms with E-state index >= 15 is 0 Å². The zero-order valence-electron chi connectivity index (χ0n) is 19.8. The first-order chi connectivity index (χ1) is 15.1. The predicted molar refractivity (Wildman–Crippen MR) is 142 cm³/mol. The third-order valence-electron chi connectivity index (χ3n) is 6.54. The van der Waals surface area contributed by atoms with Crippen LogP contribution in [0, 0.1) is 5.92 Å². The van der Waals surface area contributed by atoms with Crippen LogP contribution in [-0.4, -0.2) is 62.2 Å². The van der Waals surface area contributed by atoms with E-state index < -0.39 is 0 Å². The summed E-state index contributed by atoms with van der Waals surface area (Å²) in [5.74, 6) is 1.39. The van der Waals surface area contributed by atoms with Crippen LogP contribution < -0.4 is 10.6 Å². The van der Waals surface area contributed by atoms with Crippen LogP contribution in [0.2, 0.25) is 0 Å². The Morgan fingerprint density at radius 1 is 1.19 bits per heavy atom. The van der Waals surface area contributed by atoms with E-state index in [1.807, 2.05) is 18.0 Å². The van der Waals surface area contributed by atoms with Crippen LogP contribution in [0.15, 0.2) is 35.3 Å². The molecule has 0 radical (unpaired) electrons. The summed E-state index contributed by atoms with van der Waals surface area (Å²) in [5, 5.41) is 6.94. The van der Waals surface area contributed by atoms with E-state index in [9.17, 15) is 4.79 Å². The monoisotopic (exact) mass is 556 g/mol. The summed E-state index contributed by atoms with van der Waals surface area (Å²) in [7, 11) is 1.81. The van der Waals surface area contributed by atoms with Crippen molar-refractivity contribution in [3.63, 3.8) is 0 Å². The third-order valence-corrected chi connectivity index (χ3v) is 6.54. The number of nitrogens with one attached hydrogen (secondary N) is 2. The van der Waals surface area contributed by atoms with E-state index in [2.05, 4.69) is 46.8 Å². The summed E-state index contributed by atoms with van der Waals surface area (Å²) in [6.07, 6.45) is 8.58. The van der Waals surface area contributed by atoms with Gasteiger partial charge in [0.2, 0.25) is 5.91 Å². The molecule has 1 saturated heterocycles. The maximum absolute atomic E-state index is 12.4. The Bertz CT molecular complexity index is 707. The lowest BCUT2D eigenvalue weighted by molar-refractivity contribution is -0.127. The van der Waals surface area contributed by atoms with Gasteiger partial charge in [-0.05, 0) is 31.2 Å². The van der Waals surface area contributed by atoms with E-state index in [1.165, 1.54) is 24.8 Å². The predicted octanol–water partition coefficient (Wildman–Crippen LogP) is 3.99. The Balaban J connectivity index is 0.00000363. The second-order valence-corrected chi connectivity index (χ2v) is 9.04. The van der Waals surface area contributed by atoms with Gasteiger partial charge >= 0.3 is 0 Å². The van der Waals surface area contributed by atoms with Crippen molar-refractivity contribution in [3.8, 4) is 0 Å². The Morgan fingerprint density at radius 3 is 2.62 bits per heavy atom. The molecule has 2 aliphatic rings. The Labute approximate surface area is 211 Å². The number of hydrogen-bond donors (Lipinski definition) is 2. The molecule has 180 valence electrons. The van der Waals surface area contributed by atoms with Crippen LogP contribution in [-0.2, 0) is 16.0 Å². The van der Waals surface area contributed by atoms with Gasteiger partial charge in [-0.15, -0.1) is 24.0 Å². The molecule has 2 fully saturated rings. The molecule has 1 aromatic rings. The van der Waals surface area contributed by atoms with Crippen LogP contribution in [0.25, 0.3) is 0 Å². The second-order valence-electron chi connectivity index (χ2n) is 9.04. The molecule has 32 heavy (non-hydrogen) atoms. The van der Waals surface area contributed by atoms with Gasteiger partial charge in [0.1, 0.15) is 0 Å². The normalized spacial score (nSPS) is 20.7. The maximum Gasteiger partial charge on any atom is 0.223 e. The van der Waals surface area contributed by atoms with Crippen molar-refractivity contribution >= 4 is 35.8 Å². The van der Waals surface area contributed by atoms with Crippen molar-refractivity contribution in [1.82, 2.24) is 15.5 Å². The molecule has 7 heteroatoms. The maximum atomic E-state index is 12.4. The number of benzene rings is 1. The zero-order chi connectivity index (χ0) is 21.9. The van der Waals surface area contributed by atoms with Crippen LogP contribution in [0.1, 0.15) is 57.4 Å². The third kappa shape index (κ3) is 8.21. The average Bonchev–Trinajstić information content (AvgIpc) is 3.17. The number of ether oxygens (including phenoxy) is 1. The number of amides is 1. The Kier molecular flexibility index (Phi) is 11.8. The lowest BCUT2D eigenvalue weighted by Crippen LogP contribution is -2.50. The fourth-order valence-corrected chi connectivity index (χ4v) is 4.71. The number of halogens is 1. The van der Waals surface area contributed by atoms with Gasteiger partial charge in [-0.3, -0.25) is 9.79 Å². The minimum absolute atomic E-state index is 0. The number of carbonyl (C=O) groups is 1. The van der Waals surface area contributed by atoms with Crippen LogP contribution >= 0.6 is 24.0 Å². The number of carbonyl (C=O) groups excluding carboxylic acids is 1. The van der Waals surface area contributed by atoms with E-state index in [0.717, 1.165) is 64.4 Å². The fraction of sp³-hybridized carbons (Fsp3) is 0.680. The molecule has 1 heterocycles. The van der Waals surface area contributed by atoms with Crippen molar-refractivity contribution in [2.45, 2.75) is 63.9 Å². The molecule has 1 atom stereocenters. The summed E-state index contributed by atoms with van der Waals surface area (Å²) in [6.45, 7) is 6.14. The van der Waals surface area contributed by atoms with Gasteiger partial charge < -0.3 is 20.3 Å². The Hall–Kier alpha value is -1.35. The van der Waals surface area contributed by atoms with Crippen molar-refractivity contribution < 1.29 is 9.53 Å². The molecule has 0 aromatic heterocycles. The smallest absolute Gasteiger partial charge is 0.223 e. The van der Waals surface area contributed by atoms with E-state index in [-0.39, 0.29) is 35.5 Å². The zero-order valence-corrected chi connectivity index (χ0v) is 22.1. The van der Waals surface area contributed by atoms with Gasteiger partial charge in [-0.25, -0.2) is 0 Å². The summed E-state index contributed by atoms with van der Waals surface area (Å²) in [5.41, 5.74) is 1.21. The van der Waals surface area contributed by atoms with Crippen molar-refractivity contribution in [1.29, 1.82) is 0 Å². The van der Waals surface area contributed by atoms with E-state index in [1.54, 1.807) is 0 Å². The lowest BCUT2D eigenvalue weighted by Gasteiger charge is -2.37. The number of hydrogen-bond acceptors (Lipinski definition) is 3. The highest BCUT2D eigenvalue weighted by atomic mass is 127. The summed E-state index contributed by atoms with van der Waals surface area (Å²) in [6, 6.07) is 10.4. The molecule has 0 spiro atoms. The van der Waals surface area contributed by atoms with Crippen molar-refractivity contribution in [2.75, 3.05) is 39.8 Å².